The van der Waals surface area contributed by atoms with Crippen LogP contribution in [0.1, 0.15) is 32.6 Å². The lowest BCUT2D eigenvalue weighted by Gasteiger charge is -2.38. The van der Waals surface area contributed by atoms with Gasteiger partial charge in [-0.25, -0.2) is 4.79 Å². The van der Waals surface area contributed by atoms with Crippen LogP contribution in [-0.2, 0) is 9.53 Å². The van der Waals surface area contributed by atoms with Gasteiger partial charge in [-0.05, 0) is 31.6 Å². The normalized spacial score (nSPS) is 31.3. The van der Waals surface area contributed by atoms with Crippen LogP contribution in [0.5, 0.6) is 0 Å². The Morgan fingerprint density at radius 3 is 3.00 bits per heavy atom. The van der Waals surface area contributed by atoms with Crippen molar-refractivity contribution in [3.8, 4) is 0 Å². The number of esters is 1. The van der Waals surface area contributed by atoms with Crippen molar-refractivity contribution in [1.29, 1.82) is 0 Å². The van der Waals surface area contributed by atoms with Crippen molar-refractivity contribution in [3.63, 3.8) is 0 Å². The SMILES string of the molecule is CCOC(=O)C1=C[C@@H]2CCCC[C@H]12. The molecule has 0 aromatic heterocycles. The van der Waals surface area contributed by atoms with Crippen LogP contribution in [0.2, 0.25) is 0 Å². The predicted molar refractivity (Wildman–Crippen MR) is 50.2 cm³/mol. The first-order chi connectivity index (χ1) is 6.33. The first-order valence-electron chi connectivity index (χ1n) is 5.21. The molecule has 0 unspecified atom stereocenters. The fourth-order valence-electron chi connectivity index (χ4n) is 2.41. The molecule has 0 amide bonds. The summed E-state index contributed by atoms with van der Waals surface area (Å²) in [5, 5.41) is 0. The molecule has 72 valence electrons. The Bertz CT molecular complexity index is 242. The highest BCUT2D eigenvalue weighted by atomic mass is 16.5. The lowest BCUT2D eigenvalue weighted by atomic mass is 9.66. The second-order valence-electron chi connectivity index (χ2n) is 3.90. The first-order valence-corrected chi connectivity index (χ1v) is 5.21. The van der Waals surface area contributed by atoms with E-state index in [-0.39, 0.29) is 5.97 Å². The number of carbonyl (C=O) groups is 1. The van der Waals surface area contributed by atoms with Crippen molar-refractivity contribution >= 4 is 5.97 Å². The Morgan fingerprint density at radius 1 is 1.54 bits per heavy atom. The molecule has 0 heterocycles. The second kappa shape index (κ2) is 3.52. The fourth-order valence-corrected chi connectivity index (χ4v) is 2.41. The number of ether oxygens (including phenoxy) is 1. The molecule has 2 nitrogen and oxygen atoms in total. The van der Waals surface area contributed by atoms with E-state index in [1.54, 1.807) is 0 Å². The summed E-state index contributed by atoms with van der Waals surface area (Å²) in [6.45, 7) is 2.35. The van der Waals surface area contributed by atoms with Gasteiger partial charge in [0.1, 0.15) is 0 Å². The van der Waals surface area contributed by atoms with Crippen molar-refractivity contribution in [2.75, 3.05) is 6.61 Å². The molecule has 2 rings (SSSR count). The van der Waals surface area contributed by atoms with Gasteiger partial charge in [0, 0.05) is 5.57 Å². The monoisotopic (exact) mass is 180 g/mol. The van der Waals surface area contributed by atoms with Gasteiger partial charge in [0.25, 0.3) is 0 Å². The molecule has 2 heteroatoms. The van der Waals surface area contributed by atoms with E-state index in [0.29, 0.717) is 18.4 Å². The van der Waals surface area contributed by atoms with Gasteiger partial charge in [0.05, 0.1) is 6.61 Å². The van der Waals surface area contributed by atoms with E-state index >= 15 is 0 Å². The summed E-state index contributed by atoms with van der Waals surface area (Å²) >= 11 is 0. The lowest BCUT2D eigenvalue weighted by molar-refractivity contribution is -0.140. The minimum absolute atomic E-state index is 0.0781. The molecule has 2 atom stereocenters. The standard InChI is InChI=1S/C11H16O2/c1-2-13-11(12)10-7-8-5-3-4-6-9(8)10/h7-9H,2-6H2,1H3/t8-,9-/m0/s1. The largest absolute Gasteiger partial charge is 0.463 e. The fraction of sp³-hybridized carbons (Fsp3) is 0.727. The molecule has 1 saturated carbocycles. The van der Waals surface area contributed by atoms with Crippen LogP contribution in [0.3, 0.4) is 0 Å². The molecule has 0 saturated heterocycles. The van der Waals surface area contributed by atoms with Crippen molar-refractivity contribution < 1.29 is 9.53 Å². The molecule has 2 aliphatic carbocycles. The molecule has 0 radical (unpaired) electrons. The summed E-state index contributed by atoms with van der Waals surface area (Å²) in [7, 11) is 0. The van der Waals surface area contributed by atoms with Crippen molar-refractivity contribution in [2.45, 2.75) is 32.6 Å². The van der Waals surface area contributed by atoms with Crippen molar-refractivity contribution in [2.24, 2.45) is 11.8 Å². The molecule has 0 spiro atoms. The number of rotatable bonds is 2. The zero-order valence-electron chi connectivity index (χ0n) is 8.08. The van der Waals surface area contributed by atoms with E-state index in [4.69, 9.17) is 4.74 Å². The maximum Gasteiger partial charge on any atom is 0.333 e. The lowest BCUT2D eigenvalue weighted by Crippen LogP contribution is -2.33. The molecule has 0 aromatic rings. The van der Waals surface area contributed by atoms with Gasteiger partial charge >= 0.3 is 5.97 Å². The zero-order chi connectivity index (χ0) is 9.26. The minimum atomic E-state index is -0.0781. The number of fused-ring (bicyclic) bond motifs is 1. The third-order valence-corrected chi connectivity index (χ3v) is 3.12. The Kier molecular flexibility index (Phi) is 2.38. The van der Waals surface area contributed by atoms with Crippen LogP contribution in [0.25, 0.3) is 0 Å². The van der Waals surface area contributed by atoms with E-state index in [9.17, 15) is 4.79 Å². The van der Waals surface area contributed by atoms with E-state index in [2.05, 4.69) is 6.08 Å². The van der Waals surface area contributed by atoms with Gasteiger partial charge in [0.15, 0.2) is 0 Å². The number of hydrogen-bond acceptors (Lipinski definition) is 2. The van der Waals surface area contributed by atoms with Gasteiger partial charge in [-0.1, -0.05) is 18.9 Å². The number of hydrogen-bond donors (Lipinski definition) is 0. The van der Waals surface area contributed by atoms with E-state index in [1.165, 1.54) is 25.7 Å². The van der Waals surface area contributed by atoms with Crippen LogP contribution in [0, 0.1) is 11.8 Å². The van der Waals surface area contributed by atoms with Gasteiger partial charge in [0.2, 0.25) is 0 Å². The van der Waals surface area contributed by atoms with E-state index < -0.39 is 0 Å². The Labute approximate surface area is 79.0 Å². The Balaban J connectivity index is 1.98. The summed E-state index contributed by atoms with van der Waals surface area (Å²) in [5.74, 6) is 1.15. The minimum Gasteiger partial charge on any atom is -0.463 e. The molecule has 0 aliphatic heterocycles. The molecule has 0 aromatic carbocycles. The quantitative estimate of drug-likeness (QED) is 0.609. The van der Waals surface area contributed by atoms with Crippen LogP contribution in [0.4, 0.5) is 0 Å². The summed E-state index contributed by atoms with van der Waals surface area (Å²) in [6.07, 6.45) is 7.18. The van der Waals surface area contributed by atoms with Crippen LogP contribution < -0.4 is 0 Å². The third-order valence-electron chi connectivity index (χ3n) is 3.12. The highest BCUT2D eigenvalue weighted by Gasteiger charge is 2.38. The first kappa shape index (κ1) is 8.79. The maximum absolute atomic E-state index is 11.4. The second-order valence-corrected chi connectivity index (χ2v) is 3.90. The molecule has 0 N–H and O–H groups in total. The molecular formula is C11H16O2. The molecular weight excluding hydrogens is 164 g/mol. The number of carbonyl (C=O) groups excluding carboxylic acids is 1. The van der Waals surface area contributed by atoms with Gasteiger partial charge in [-0.3, -0.25) is 0 Å². The smallest absolute Gasteiger partial charge is 0.333 e. The van der Waals surface area contributed by atoms with Crippen LogP contribution in [0.15, 0.2) is 11.6 Å². The summed E-state index contributed by atoms with van der Waals surface area (Å²) in [6, 6.07) is 0. The molecule has 1 fully saturated rings. The van der Waals surface area contributed by atoms with Crippen LogP contribution >= 0.6 is 0 Å². The molecule has 0 bridgehead atoms. The zero-order valence-corrected chi connectivity index (χ0v) is 8.08. The molecule has 2 aliphatic rings. The Morgan fingerprint density at radius 2 is 2.31 bits per heavy atom. The summed E-state index contributed by atoms with van der Waals surface area (Å²) in [5.41, 5.74) is 0.951. The summed E-state index contributed by atoms with van der Waals surface area (Å²) in [4.78, 5) is 11.4. The van der Waals surface area contributed by atoms with Crippen LogP contribution in [-0.4, -0.2) is 12.6 Å². The predicted octanol–water partition coefficient (Wildman–Crippen LogP) is 2.30. The van der Waals surface area contributed by atoms with E-state index in [1.807, 2.05) is 6.92 Å². The maximum atomic E-state index is 11.4. The molecule has 13 heavy (non-hydrogen) atoms. The van der Waals surface area contributed by atoms with Crippen molar-refractivity contribution in [3.05, 3.63) is 11.6 Å². The highest BCUT2D eigenvalue weighted by molar-refractivity contribution is 5.91. The topological polar surface area (TPSA) is 26.3 Å². The van der Waals surface area contributed by atoms with Gasteiger partial charge in [-0.15, -0.1) is 0 Å². The van der Waals surface area contributed by atoms with Gasteiger partial charge in [-0.2, -0.15) is 0 Å². The van der Waals surface area contributed by atoms with Gasteiger partial charge < -0.3 is 4.74 Å². The Hall–Kier alpha value is -0.790. The highest BCUT2D eigenvalue weighted by Crippen LogP contribution is 2.44. The number of allylic oxidation sites excluding steroid dienone is 1. The average Bonchev–Trinajstić information content (AvgIpc) is 2.07. The average molecular weight is 180 g/mol. The van der Waals surface area contributed by atoms with Crippen molar-refractivity contribution in [1.82, 2.24) is 0 Å². The van der Waals surface area contributed by atoms with E-state index in [0.717, 1.165) is 5.57 Å². The summed E-state index contributed by atoms with van der Waals surface area (Å²) < 4.78 is 4.99. The third kappa shape index (κ3) is 1.50.